The van der Waals surface area contributed by atoms with Gasteiger partial charge in [-0.15, -0.1) is 0 Å². The molecule has 31 heavy (non-hydrogen) atoms. The van der Waals surface area contributed by atoms with Crippen LogP contribution in [0, 0.1) is 0 Å². The van der Waals surface area contributed by atoms with Crippen molar-refractivity contribution < 1.29 is 14.3 Å². The number of ether oxygens (including phenoxy) is 1. The second-order valence-corrected chi connectivity index (χ2v) is 9.19. The summed E-state index contributed by atoms with van der Waals surface area (Å²) in [6.07, 6.45) is 1.12. The maximum absolute atomic E-state index is 13.1. The van der Waals surface area contributed by atoms with Gasteiger partial charge in [-0.1, -0.05) is 60.5 Å². The third kappa shape index (κ3) is 8.08. The van der Waals surface area contributed by atoms with Gasteiger partial charge in [0.2, 0.25) is 5.91 Å². The topological polar surface area (TPSA) is 58.6 Å². The number of benzene rings is 2. The van der Waals surface area contributed by atoms with Gasteiger partial charge in [-0.2, -0.15) is 0 Å². The van der Waals surface area contributed by atoms with Crippen LogP contribution < -0.4 is 10.1 Å². The first-order chi connectivity index (χ1) is 14.6. The van der Waals surface area contributed by atoms with E-state index in [0.29, 0.717) is 35.2 Å². The highest BCUT2D eigenvalue weighted by Crippen LogP contribution is 2.27. The van der Waals surface area contributed by atoms with E-state index in [1.807, 2.05) is 58.0 Å². The second kappa shape index (κ2) is 11.4. The third-order valence-electron chi connectivity index (χ3n) is 4.61. The summed E-state index contributed by atoms with van der Waals surface area (Å²) in [4.78, 5) is 27.7. The monoisotopic (exact) mass is 464 g/mol. The number of nitrogens with one attached hydrogen (secondary N) is 1. The van der Waals surface area contributed by atoms with Crippen molar-refractivity contribution in [3.8, 4) is 5.75 Å². The molecule has 2 amide bonds. The number of hydrogen-bond donors (Lipinski definition) is 1. The number of rotatable bonds is 9. The Balaban J connectivity index is 2.17. The van der Waals surface area contributed by atoms with Gasteiger partial charge in [-0.3, -0.25) is 9.59 Å². The summed E-state index contributed by atoms with van der Waals surface area (Å²) in [5.41, 5.74) is 0.694. The third-order valence-corrected chi connectivity index (χ3v) is 5.14. The van der Waals surface area contributed by atoms with Crippen LogP contribution in [-0.4, -0.2) is 41.4 Å². The number of hydrogen-bond acceptors (Lipinski definition) is 3. The summed E-state index contributed by atoms with van der Waals surface area (Å²) in [7, 11) is 0. The Hall–Kier alpha value is -2.24. The molecule has 0 aromatic heterocycles. The van der Waals surface area contributed by atoms with Crippen LogP contribution in [0.2, 0.25) is 10.0 Å². The fourth-order valence-corrected chi connectivity index (χ4v) is 3.63. The minimum Gasteiger partial charge on any atom is -0.482 e. The molecule has 0 aliphatic carbocycles. The molecule has 0 fully saturated rings. The van der Waals surface area contributed by atoms with Gasteiger partial charge in [0.05, 0.1) is 5.02 Å². The Morgan fingerprint density at radius 3 is 2.35 bits per heavy atom. The van der Waals surface area contributed by atoms with Gasteiger partial charge in [0.1, 0.15) is 11.8 Å². The molecule has 0 radical (unpaired) electrons. The molecule has 2 aromatic rings. The van der Waals surface area contributed by atoms with Crippen molar-refractivity contribution in [3.05, 3.63) is 64.1 Å². The summed E-state index contributed by atoms with van der Waals surface area (Å²) < 4.78 is 5.65. The zero-order chi connectivity index (χ0) is 23.0. The zero-order valence-corrected chi connectivity index (χ0v) is 20.0. The second-order valence-electron chi connectivity index (χ2n) is 8.35. The van der Waals surface area contributed by atoms with E-state index in [2.05, 4.69) is 5.32 Å². The van der Waals surface area contributed by atoms with E-state index in [9.17, 15) is 9.59 Å². The first kappa shape index (κ1) is 25.0. The number of nitrogens with zero attached hydrogens (tertiary/aromatic N) is 1. The quantitative estimate of drug-likeness (QED) is 0.558. The molecular formula is C24H30Cl2N2O3. The highest BCUT2D eigenvalue weighted by Gasteiger charge is 2.30. The summed E-state index contributed by atoms with van der Waals surface area (Å²) in [5, 5.41) is 3.80. The Bertz CT molecular complexity index is 882. The van der Waals surface area contributed by atoms with Crippen molar-refractivity contribution in [2.45, 2.75) is 52.1 Å². The highest BCUT2D eigenvalue weighted by molar-refractivity contribution is 6.35. The lowest BCUT2D eigenvalue weighted by Gasteiger charge is -2.33. The van der Waals surface area contributed by atoms with Gasteiger partial charge in [0.25, 0.3) is 5.91 Å². The minimum absolute atomic E-state index is 0.180. The van der Waals surface area contributed by atoms with Crippen LogP contribution in [0.3, 0.4) is 0 Å². The van der Waals surface area contributed by atoms with Gasteiger partial charge in [-0.25, -0.2) is 0 Å². The van der Waals surface area contributed by atoms with Gasteiger partial charge in [0, 0.05) is 17.1 Å². The summed E-state index contributed by atoms with van der Waals surface area (Å²) in [6.45, 7) is 7.82. The molecule has 0 heterocycles. The predicted octanol–water partition coefficient (Wildman–Crippen LogP) is 5.14. The highest BCUT2D eigenvalue weighted by atomic mass is 35.5. The average Bonchev–Trinajstić information content (AvgIpc) is 2.69. The van der Waals surface area contributed by atoms with Crippen molar-refractivity contribution >= 4 is 35.0 Å². The Morgan fingerprint density at radius 1 is 1.10 bits per heavy atom. The number of amides is 2. The van der Waals surface area contributed by atoms with Gasteiger partial charge in [0.15, 0.2) is 6.61 Å². The Kier molecular flexibility index (Phi) is 9.20. The molecule has 5 nitrogen and oxygen atoms in total. The molecule has 0 aliphatic heterocycles. The molecule has 0 saturated carbocycles. The standard InChI is InChI=1S/C24H30Cl2N2O3/c1-5-20(23(30)27-24(2,3)4)28(14-13-17-9-7-6-8-10-17)22(29)16-31-21-12-11-18(25)15-19(21)26/h6-12,15,20H,5,13-14,16H2,1-4H3,(H,27,30)/t20-/m0/s1. The van der Waals surface area contributed by atoms with Gasteiger partial charge < -0.3 is 15.0 Å². The first-order valence-corrected chi connectivity index (χ1v) is 11.1. The molecule has 0 bridgehead atoms. The van der Waals surface area contributed by atoms with Crippen LogP contribution in [0.15, 0.2) is 48.5 Å². The summed E-state index contributed by atoms with van der Waals surface area (Å²) >= 11 is 12.1. The molecule has 2 rings (SSSR count). The normalized spacial score (nSPS) is 12.2. The van der Waals surface area contributed by atoms with Gasteiger partial charge in [-0.05, 0) is 57.4 Å². The predicted molar refractivity (Wildman–Crippen MR) is 126 cm³/mol. The van der Waals surface area contributed by atoms with Crippen LogP contribution >= 0.6 is 23.2 Å². The van der Waals surface area contributed by atoms with Crippen LogP contribution in [0.4, 0.5) is 0 Å². The van der Waals surface area contributed by atoms with Crippen molar-refractivity contribution in [1.82, 2.24) is 10.2 Å². The lowest BCUT2D eigenvalue weighted by atomic mass is 10.1. The fraction of sp³-hybridized carbons (Fsp3) is 0.417. The molecule has 0 spiro atoms. The molecule has 168 valence electrons. The van der Waals surface area contributed by atoms with E-state index in [0.717, 1.165) is 5.56 Å². The minimum atomic E-state index is -0.597. The van der Waals surface area contributed by atoms with Crippen LogP contribution in [-0.2, 0) is 16.0 Å². The fourth-order valence-electron chi connectivity index (χ4n) is 3.16. The van der Waals surface area contributed by atoms with E-state index in [1.54, 1.807) is 23.1 Å². The Morgan fingerprint density at radius 2 is 1.77 bits per heavy atom. The number of carbonyl (C=O) groups is 2. The maximum Gasteiger partial charge on any atom is 0.261 e. The SMILES string of the molecule is CC[C@@H](C(=O)NC(C)(C)C)N(CCc1ccccc1)C(=O)COc1ccc(Cl)cc1Cl. The molecule has 0 aliphatic rings. The van der Waals surface area contributed by atoms with E-state index in [4.69, 9.17) is 27.9 Å². The molecule has 0 unspecified atom stereocenters. The molecule has 1 atom stereocenters. The molecule has 2 aromatic carbocycles. The van der Waals surface area contributed by atoms with E-state index < -0.39 is 11.6 Å². The summed E-state index contributed by atoms with van der Waals surface area (Å²) in [6, 6.07) is 14.1. The molecule has 0 saturated heterocycles. The van der Waals surface area contributed by atoms with E-state index in [1.165, 1.54) is 0 Å². The van der Waals surface area contributed by atoms with Crippen molar-refractivity contribution in [2.24, 2.45) is 0 Å². The molecule has 7 heteroatoms. The van der Waals surface area contributed by atoms with Crippen molar-refractivity contribution in [1.29, 1.82) is 0 Å². The molecule has 1 N–H and O–H groups in total. The maximum atomic E-state index is 13.1. The number of halogens is 2. The largest absolute Gasteiger partial charge is 0.482 e. The van der Waals surface area contributed by atoms with Crippen LogP contribution in [0.1, 0.15) is 39.7 Å². The first-order valence-electron chi connectivity index (χ1n) is 10.3. The lowest BCUT2D eigenvalue weighted by molar-refractivity contribution is -0.142. The van der Waals surface area contributed by atoms with Crippen LogP contribution in [0.25, 0.3) is 0 Å². The van der Waals surface area contributed by atoms with Crippen molar-refractivity contribution in [3.63, 3.8) is 0 Å². The average molecular weight is 465 g/mol. The van der Waals surface area contributed by atoms with E-state index in [-0.39, 0.29) is 18.4 Å². The molecular weight excluding hydrogens is 435 g/mol. The number of carbonyl (C=O) groups excluding carboxylic acids is 2. The van der Waals surface area contributed by atoms with E-state index >= 15 is 0 Å². The lowest BCUT2D eigenvalue weighted by Crippen LogP contribution is -2.54. The van der Waals surface area contributed by atoms with Crippen molar-refractivity contribution in [2.75, 3.05) is 13.2 Å². The smallest absolute Gasteiger partial charge is 0.261 e. The van der Waals surface area contributed by atoms with Gasteiger partial charge >= 0.3 is 0 Å². The Labute approximate surface area is 194 Å². The zero-order valence-electron chi connectivity index (χ0n) is 18.5. The summed E-state index contributed by atoms with van der Waals surface area (Å²) in [5.74, 6) is -0.0894. The van der Waals surface area contributed by atoms with Crippen LogP contribution in [0.5, 0.6) is 5.75 Å².